The fourth-order valence-corrected chi connectivity index (χ4v) is 13.3. The molecular formula is C51H35IN4. The van der Waals surface area contributed by atoms with E-state index < -0.39 is 19.8 Å². The van der Waals surface area contributed by atoms with E-state index in [1.807, 2.05) is 6.07 Å². The van der Waals surface area contributed by atoms with Gasteiger partial charge in [-0.3, -0.25) is 0 Å². The van der Waals surface area contributed by atoms with Crippen LogP contribution in [-0.2, 0) is 0 Å². The summed E-state index contributed by atoms with van der Waals surface area (Å²) in [5.41, 5.74) is 12.4. The molecule has 0 atom stereocenters. The normalized spacial score (nSPS) is 12.2. The van der Waals surface area contributed by atoms with E-state index in [4.69, 9.17) is 15.0 Å². The van der Waals surface area contributed by atoms with E-state index in [2.05, 4.69) is 211 Å². The first kappa shape index (κ1) is 33.8. The van der Waals surface area contributed by atoms with Crippen LogP contribution < -0.4 is 4.90 Å². The number of para-hydroxylation sites is 3. The minimum absolute atomic E-state index is 0.685. The van der Waals surface area contributed by atoms with Crippen LogP contribution in [0.2, 0.25) is 0 Å². The van der Waals surface area contributed by atoms with Crippen LogP contribution in [0.25, 0.3) is 56.2 Å². The van der Waals surface area contributed by atoms with Crippen molar-refractivity contribution < 1.29 is 0 Å². The van der Waals surface area contributed by atoms with Crippen molar-refractivity contribution in [2.24, 2.45) is 0 Å². The Morgan fingerprint density at radius 1 is 0.321 bits per heavy atom. The number of aromatic nitrogens is 3. The topological polar surface area (TPSA) is 41.9 Å². The SMILES string of the molecule is c1ccc(-c2cccc(-c3nc(-c4ccc(-c5ccccc5N(c5ccccc5)c5ccccc5)cc4)nc(I4c5ccccc5-c5ccccc54)n3)c2)cc1. The number of nitrogens with zero attached hydrogens (tertiary/aromatic N) is 4. The summed E-state index contributed by atoms with van der Waals surface area (Å²) in [6.45, 7) is 0. The summed E-state index contributed by atoms with van der Waals surface area (Å²) in [6.07, 6.45) is 0. The van der Waals surface area contributed by atoms with Gasteiger partial charge in [0.05, 0.1) is 0 Å². The first-order valence-corrected chi connectivity index (χ1v) is 21.9. The van der Waals surface area contributed by atoms with E-state index in [1.54, 1.807) is 0 Å². The molecule has 1 aliphatic heterocycles. The van der Waals surface area contributed by atoms with Crippen LogP contribution in [0.4, 0.5) is 17.1 Å². The van der Waals surface area contributed by atoms with Crippen molar-refractivity contribution in [1.82, 2.24) is 15.0 Å². The Balaban J connectivity index is 1.10. The molecule has 0 amide bonds. The Hall–Kier alpha value is -6.70. The molecule has 0 N–H and O–H groups in total. The van der Waals surface area contributed by atoms with Gasteiger partial charge < -0.3 is 0 Å². The molecule has 4 nitrogen and oxygen atoms in total. The molecule has 266 valence electrons. The molecule has 56 heavy (non-hydrogen) atoms. The monoisotopic (exact) mass is 830 g/mol. The first-order chi connectivity index (χ1) is 27.8. The fraction of sp³-hybridized carbons (Fsp3) is 0. The molecule has 5 heteroatoms. The van der Waals surface area contributed by atoms with E-state index in [9.17, 15) is 0 Å². The number of hydrogen-bond acceptors (Lipinski definition) is 4. The van der Waals surface area contributed by atoms with Crippen molar-refractivity contribution in [3.63, 3.8) is 0 Å². The van der Waals surface area contributed by atoms with Crippen LogP contribution in [0.3, 0.4) is 0 Å². The standard InChI is InChI=1S/C51H35IN4/c1-4-17-36(18-5-1)39-19-16-20-40(35-39)50-53-49(54-51(55-50)52-46-28-13-10-26-44(46)45-27-11-14-29-47(45)52)38-33-31-37(32-34-38)43-25-12-15-30-48(43)56(41-21-6-2-7-22-41)42-23-8-3-9-24-42/h1-35H. The van der Waals surface area contributed by atoms with Gasteiger partial charge in [-0.2, -0.15) is 0 Å². The van der Waals surface area contributed by atoms with E-state index in [0.29, 0.717) is 11.6 Å². The summed E-state index contributed by atoms with van der Waals surface area (Å²) in [5, 5.41) is 0. The quantitative estimate of drug-likeness (QED) is 0.143. The van der Waals surface area contributed by atoms with E-state index >= 15 is 0 Å². The summed E-state index contributed by atoms with van der Waals surface area (Å²) >= 11 is -2.26. The second-order valence-electron chi connectivity index (χ2n) is 13.5. The zero-order valence-electron chi connectivity index (χ0n) is 30.4. The zero-order chi connectivity index (χ0) is 37.3. The third-order valence-corrected chi connectivity index (χ3v) is 15.7. The molecule has 1 aromatic heterocycles. The molecule has 8 aromatic carbocycles. The molecular weight excluding hydrogens is 795 g/mol. The molecule has 0 aliphatic carbocycles. The van der Waals surface area contributed by atoms with E-state index in [0.717, 1.165) is 54.3 Å². The molecule has 0 fully saturated rings. The molecule has 0 saturated carbocycles. The summed E-state index contributed by atoms with van der Waals surface area (Å²) in [5.74, 6) is 1.38. The van der Waals surface area contributed by atoms with Gasteiger partial charge >= 0.3 is 300 Å². The molecule has 0 bridgehead atoms. The number of rotatable bonds is 8. The molecule has 2 heterocycles. The van der Waals surface area contributed by atoms with Crippen molar-refractivity contribution >= 4 is 36.9 Å². The van der Waals surface area contributed by atoms with Gasteiger partial charge in [-0.05, 0) is 0 Å². The van der Waals surface area contributed by atoms with Gasteiger partial charge in [0.15, 0.2) is 0 Å². The van der Waals surface area contributed by atoms with Crippen LogP contribution >= 0.6 is 19.8 Å². The van der Waals surface area contributed by atoms with Crippen LogP contribution in [0.15, 0.2) is 212 Å². The number of benzene rings is 8. The Bertz CT molecular complexity index is 2720. The average molecular weight is 831 g/mol. The molecule has 1 aliphatic rings. The predicted octanol–water partition coefficient (Wildman–Crippen LogP) is 13.4. The summed E-state index contributed by atoms with van der Waals surface area (Å²) < 4.78 is 3.63. The Labute approximate surface area is 334 Å². The van der Waals surface area contributed by atoms with Crippen molar-refractivity contribution in [1.29, 1.82) is 0 Å². The third kappa shape index (κ3) is 6.36. The van der Waals surface area contributed by atoms with Crippen molar-refractivity contribution in [3.8, 4) is 56.2 Å². The summed E-state index contributed by atoms with van der Waals surface area (Å²) in [4.78, 5) is 18.2. The molecule has 0 spiro atoms. The zero-order valence-corrected chi connectivity index (χ0v) is 32.5. The number of anilines is 3. The van der Waals surface area contributed by atoms with Gasteiger partial charge in [0.2, 0.25) is 0 Å². The molecule has 0 unspecified atom stereocenters. The van der Waals surface area contributed by atoms with Gasteiger partial charge in [-0.15, -0.1) is 0 Å². The first-order valence-electron chi connectivity index (χ1n) is 18.7. The van der Waals surface area contributed by atoms with Crippen molar-refractivity contribution in [2.75, 3.05) is 4.90 Å². The van der Waals surface area contributed by atoms with Gasteiger partial charge in [0.25, 0.3) is 0 Å². The van der Waals surface area contributed by atoms with Crippen molar-refractivity contribution in [3.05, 3.63) is 223 Å². The maximum atomic E-state index is 5.36. The van der Waals surface area contributed by atoms with Crippen LogP contribution in [-0.4, -0.2) is 15.0 Å². The Morgan fingerprint density at radius 2 is 0.786 bits per heavy atom. The number of halogens is 1. The van der Waals surface area contributed by atoms with E-state index in [-0.39, 0.29) is 0 Å². The van der Waals surface area contributed by atoms with Crippen LogP contribution in [0.1, 0.15) is 0 Å². The number of hydrogen-bond donors (Lipinski definition) is 0. The van der Waals surface area contributed by atoms with Crippen LogP contribution in [0.5, 0.6) is 0 Å². The molecule has 0 saturated heterocycles. The summed E-state index contributed by atoms with van der Waals surface area (Å²) in [6, 6.07) is 75.0. The van der Waals surface area contributed by atoms with Gasteiger partial charge in [0, 0.05) is 0 Å². The van der Waals surface area contributed by atoms with E-state index in [1.165, 1.54) is 18.3 Å². The van der Waals surface area contributed by atoms with Gasteiger partial charge in [0.1, 0.15) is 0 Å². The average Bonchev–Trinajstić information content (AvgIpc) is 3.62. The van der Waals surface area contributed by atoms with Gasteiger partial charge in [-0.1, -0.05) is 36.4 Å². The molecule has 9 aromatic rings. The van der Waals surface area contributed by atoms with Crippen molar-refractivity contribution in [2.45, 2.75) is 0 Å². The Morgan fingerprint density at radius 3 is 1.41 bits per heavy atom. The second kappa shape index (κ2) is 14.9. The predicted molar refractivity (Wildman–Crippen MR) is 238 cm³/mol. The summed E-state index contributed by atoms with van der Waals surface area (Å²) in [7, 11) is 0. The number of fused-ring (bicyclic) bond motifs is 3. The second-order valence-corrected chi connectivity index (χ2v) is 18.5. The minimum atomic E-state index is -2.26. The molecule has 0 radical (unpaired) electrons. The maximum absolute atomic E-state index is 5.36. The van der Waals surface area contributed by atoms with Crippen LogP contribution in [0, 0.1) is 11.0 Å². The third-order valence-electron chi connectivity index (χ3n) is 10.1. The fourth-order valence-electron chi connectivity index (χ4n) is 7.43. The molecule has 10 rings (SSSR count). The Kier molecular flexibility index (Phi) is 8.97. The van der Waals surface area contributed by atoms with Gasteiger partial charge in [-0.25, -0.2) is 0 Å².